The van der Waals surface area contributed by atoms with E-state index in [9.17, 15) is 0 Å². The van der Waals surface area contributed by atoms with Crippen LogP contribution in [0.4, 0.5) is 51.2 Å². The molecule has 0 saturated heterocycles. The lowest BCUT2D eigenvalue weighted by Crippen LogP contribution is -2.62. The Morgan fingerprint density at radius 1 is 0.448 bits per heavy atom. The molecule has 8 aromatic carbocycles. The molecule has 0 N–H and O–H groups in total. The summed E-state index contributed by atoms with van der Waals surface area (Å²) in [6.07, 6.45) is 0. The number of hydrogen-bond donors (Lipinski definition) is 0. The van der Waals surface area contributed by atoms with E-state index in [1.807, 2.05) is 0 Å². The molecular weight excluding hydrogens is 826 g/mol. The van der Waals surface area contributed by atoms with Crippen molar-refractivity contribution in [3.63, 3.8) is 0 Å². The fraction of sp³-hybridized carbons (Fsp3) is 0.226. The summed E-state index contributed by atoms with van der Waals surface area (Å²) in [5.74, 6) is 0. The van der Waals surface area contributed by atoms with Crippen LogP contribution >= 0.6 is 0 Å². The average molecular weight is 888 g/mol. The molecule has 0 amide bonds. The van der Waals surface area contributed by atoms with E-state index in [2.05, 4.69) is 266 Å². The van der Waals surface area contributed by atoms with Crippen molar-refractivity contribution in [1.29, 1.82) is 0 Å². The number of anilines is 9. The summed E-state index contributed by atoms with van der Waals surface area (Å²) in [6, 6.07) is 67.2. The summed E-state index contributed by atoms with van der Waals surface area (Å²) in [5.41, 5.74) is 22.8. The lowest BCUT2D eigenvalue weighted by atomic mass is 9.33. The maximum atomic E-state index is 2.64. The number of rotatable bonds is 6. The van der Waals surface area contributed by atoms with Crippen LogP contribution in [0.15, 0.2) is 176 Å². The largest absolute Gasteiger partial charge is 0.311 e. The van der Waals surface area contributed by atoms with Crippen LogP contribution < -0.4 is 36.3 Å². The Balaban J connectivity index is 1.24. The molecule has 3 aliphatic rings. The Labute approximate surface area is 400 Å². The first-order chi connectivity index (χ1) is 31.9. The molecule has 332 valence electrons. The van der Waals surface area contributed by atoms with Crippen LogP contribution in [0.2, 0.25) is 19.6 Å². The summed E-state index contributed by atoms with van der Waals surface area (Å²) >= 11 is 0. The van der Waals surface area contributed by atoms with Crippen molar-refractivity contribution < 1.29 is 0 Å². The third-order valence-electron chi connectivity index (χ3n) is 14.9. The maximum absolute atomic E-state index is 2.64. The predicted octanol–water partition coefficient (Wildman–Crippen LogP) is 14.7. The third kappa shape index (κ3) is 7.00. The van der Waals surface area contributed by atoms with Crippen molar-refractivity contribution >= 4 is 87.5 Å². The van der Waals surface area contributed by atoms with Gasteiger partial charge in [-0.25, -0.2) is 0 Å². The van der Waals surface area contributed by atoms with Crippen molar-refractivity contribution in [1.82, 2.24) is 0 Å². The summed E-state index contributed by atoms with van der Waals surface area (Å²) in [5, 5.41) is 1.44. The van der Waals surface area contributed by atoms with Gasteiger partial charge in [-0.3, -0.25) is 0 Å². The Morgan fingerprint density at radius 3 is 1.61 bits per heavy atom. The quantitative estimate of drug-likeness (QED) is 0.154. The smallest absolute Gasteiger partial charge is 0.252 e. The summed E-state index contributed by atoms with van der Waals surface area (Å²) in [4.78, 5) is 7.65. The minimum absolute atomic E-state index is 0.000583. The highest BCUT2D eigenvalue weighted by Gasteiger charge is 2.45. The molecule has 3 nitrogen and oxygen atoms in total. The number of para-hydroxylation sites is 2. The molecule has 0 atom stereocenters. The molecule has 5 heteroatoms. The van der Waals surface area contributed by atoms with Crippen LogP contribution in [0, 0.1) is 0 Å². The summed E-state index contributed by atoms with van der Waals surface area (Å²) in [7, 11) is -1.91. The molecule has 11 rings (SSSR count). The van der Waals surface area contributed by atoms with E-state index >= 15 is 0 Å². The van der Waals surface area contributed by atoms with E-state index in [0.717, 1.165) is 17.1 Å². The van der Waals surface area contributed by atoms with E-state index in [4.69, 9.17) is 0 Å². The van der Waals surface area contributed by atoms with Gasteiger partial charge in [0.05, 0.1) is 8.07 Å². The number of nitrogens with zero attached hydrogens (tertiary/aromatic N) is 3. The Hall–Kier alpha value is -6.56. The van der Waals surface area contributed by atoms with Gasteiger partial charge >= 0.3 is 0 Å². The van der Waals surface area contributed by atoms with Gasteiger partial charge < -0.3 is 14.7 Å². The lowest BCUT2D eigenvalue weighted by molar-refractivity contribution is 0.590. The van der Waals surface area contributed by atoms with Gasteiger partial charge in [0.15, 0.2) is 0 Å². The van der Waals surface area contributed by atoms with Gasteiger partial charge in [0.1, 0.15) is 0 Å². The summed E-state index contributed by atoms with van der Waals surface area (Å²) < 4.78 is 0. The molecule has 0 saturated carbocycles. The highest BCUT2D eigenvalue weighted by molar-refractivity contribution is 7.00. The molecule has 1 aliphatic carbocycles. The predicted molar refractivity (Wildman–Crippen MR) is 293 cm³/mol. The fourth-order valence-electron chi connectivity index (χ4n) is 11.1. The minimum Gasteiger partial charge on any atom is -0.311 e. The zero-order valence-electron chi connectivity index (χ0n) is 41.2. The third-order valence-corrected chi connectivity index (χ3v) is 16.9. The molecule has 2 heterocycles. The average Bonchev–Trinajstić information content (AvgIpc) is 3.53. The van der Waals surface area contributed by atoms with Crippen molar-refractivity contribution in [2.24, 2.45) is 0 Å². The van der Waals surface area contributed by atoms with Crippen LogP contribution in [0.3, 0.4) is 0 Å². The monoisotopic (exact) mass is 887 g/mol. The Bertz CT molecular complexity index is 3190. The molecule has 2 aliphatic heterocycles. The lowest BCUT2D eigenvalue weighted by Gasteiger charge is -2.45. The molecular formula is C62H62BN3Si. The van der Waals surface area contributed by atoms with E-state index in [-0.39, 0.29) is 23.0 Å². The second-order valence-corrected chi connectivity index (χ2v) is 27.8. The molecule has 67 heavy (non-hydrogen) atoms. The van der Waals surface area contributed by atoms with Gasteiger partial charge in [0.2, 0.25) is 0 Å². The summed E-state index contributed by atoms with van der Waals surface area (Å²) in [6.45, 7) is 26.2. The van der Waals surface area contributed by atoms with Gasteiger partial charge in [-0.2, -0.15) is 0 Å². The van der Waals surface area contributed by atoms with Crippen molar-refractivity contribution in [2.75, 3.05) is 14.7 Å². The molecule has 0 bridgehead atoms. The molecule has 0 fully saturated rings. The molecule has 8 aromatic rings. The fourth-order valence-corrected chi connectivity index (χ4v) is 12.3. The zero-order valence-corrected chi connectivity index (χ0v) is 42.2. The van der Waals surface area contributed by atoms with E-state index in [1.54, 1.807) is 0 Å². The van der Waals surface area contributed by atoms with E-state index < -0.39 is 8.07 Å². The molecule has 0 aromatic heterocycles. The normalized spacial score (nSPS) is 14.5. The van der Waals surface area contributed by atoms with Crippen molar-refractivity contribution in [3.05, 3.63) is 198 Å². The maximum Gasteiger partial charge on any atom is 0.252 e. The topological polar surface area (TPSA) is 9.72 Å². The van der Waals surface area contributed by atoms with Gasteiger partial charge in [-0.15, -0.1) is 0 Å². The van der Waals surface area contributed by atoms with Crippen LogP contribution in [0.25, 0.3) is 11.1 Å². The first-order valence-electron chi connectivity index (χ1n) is 24.2. The molecule has 0 radical (unpaired) electrons. The molecule has 0 unspecified atom stereocenters. The number of hydrogen-bond acceptors (Lipinski definition) is 3. The molecule has 0 spiro atoms. The Kier molecular flexibility index (Phi) is 9.79. The van der Waals surface area contributed by atoms with Gasteiger partial charge in [-0.1, -0.05) is 177 Å². The van der Waals surface area contributed by atoms with Gasteiger partial charge in [-0.05, 0) is 139 Å². The van der Waals surface area contributed by atoms with Crippen LogP contribution in [0.1, 0.15) is 77.6 Å². The van der Waals surface area contributed by atoms with Crippen LogP contribution in [-0.2, 0) is 16.2 Å². The van der Waals surface area contributed by atoms with Gasteiger partial charge in [0.25, 0.3) is 6.71 Å². The highest BCUT2D eigenvalue weighted by Crippen LogP contribution is 2.52. The Morgan fingerprint density at radius 2 is 1.00 bits per heavy atom. The minimum atomic E-state index is -1.91. The first-order valence-corrected chi connectivity index (χ1v) is 27.7. The first kappa shape index (κ1) is 43.0. The standard InChI is InChI=1S/C62H62BN3Si/c1-60(2,3)41-26-29-45(30-27-41)65-55-35-28-42(61(4,5)6)36-54(55)63-53-34-32-47(64(43-20-14-12-15-21-43)44-22-16-13-17-23-44)38-56(53)66(58-40-48(67(9,10)11)39-57(65)59(58)63)46-31-33-52-50(37-46)49-24-18-19-25-51(49)62(52,7)8/h12-40H,1-11H3. The van der Waals surface area contributed by atoms with Crippen LogP contribution in [-0.4, -0.2) is 14.8 Å². The van der Waals surface area contributed by atoms with Crippen molar-refractivity contribution in [3.8, 4) is 11.1 Å². The SMILES string of the molecule is CC(C)(C)c1ccc(N2c3ccc(C(C)(C)C)cc3B3c4ccc(N(c5ccccc5)c5ccccc5)cc4N(c4ccc5c(c4)-c4ccccc4C5(C)C)c4cc([Si](C)(C)C)cc2c43)cc1. The highest BCUT2D eigenvalue weighted by atomic mass is 28.3. The number of benzene rings is 8. The van der Waals surface area contributed by atoms with E-state index in [0.29, 0.717) is 0 Å². The second-order valence-electron chi connectivity index (χ2n) is 22.8. The number of fused-ring (bicyclic) bond motifs is 7. The van der Waals surface area contributed by atoms with Crippen molar-refractivity contribution in [2.45, 2.75) is 91.3 Å². The zero-order chi connectivity index (χ0) is 46.8. The van der Waals surface area contributed by atoms with Gasteiger partial charge in [0, 0.05) is 56.6 Å². The van der Waals surface area contributed by atoms with Crippen LogP contribution in [0.5, 0.6) is 0 Å². The second kappa shape index (κ2) is 15.2. The van der Waals surface area contributed by atoms with E-state index in [1.165, 1.54) is 89.1 Å².